The van der Waals surface area contributed by atoms with E-state index in [1.165, 1.54) is 0 Å². The van der Waals surface area contributed by atoms with Gasteiger partial charge in [0.25, 0.3) is 0 Å². The van der Waals surface area contributed by atoms with Gasteiger partial charge in [-0.2, -0.15) is 0 Å². The minimum absolute atomic E-state index is 0.0995. The van der Waals surface area contributed by atoms with E-state index >= 15 is 0 Å². The Morgan fingerprint density at radius 2 is 1.84 bits per heavy atom. The lowest BCUT2D eigenvalue weighted by Gasteiger charge is -2.35. The fourth-order valence-electron chi connectivity index (χ4n) is 3.59. The standard InChI is InChI=1S/C22H24BrN5O3/c1-3-31-20-13-18-17(12-19(20)30-2)21(25-14-24-18)27-8-10-28(11-9-27)22(29)26-16-6-4-15(23)5-7-16/h4-7,12-14H,3,8-11H2,1-2H3,(H,26,29). The van der Waals surface area contributed by atoms with Gasteiger partial charge in [-0.15, -0.1) is 0 Å². The van der Waals surface area contributed by atoms with Gasteiger partial charge in [-0.1, -0.05) is 15.9 Å². The molecule has 3 aromatic rings. The second-order valence-corrected chi connectivity index (χ2v) is 7.98. The predicted molar refractivity (Wildman–Crippen MR) is 124 cm³/mol. The Hall–Kier alpha value is -3.07. The zero-order chi connectivity index (χ0) is 21.8. The first kappa shape index (κ1) is 21.2. The third-order valence-corrected chi connectivity index (χ3v) is 5.69. The summed E-state index contributed by atoms with van der Waals surface area (Å²) >= 11 is 3.40. The molecule has 4 rings (SSSR count). The largest absolute Gasteiger partial charge is 0.493 e. The summed E-state index contributed by atoms with van der Waals surface area (Å²) in [5, 5.41) is 3.85. The van der Waals surface area contributed by atoms with Gasteiger partial charge < -0.3 is 24.6 Å². The van der Waals surface area contributed by atoms with Crippen LogP contribution in [0, 0.1) is 0 Å². The number of rotatable bonds is 5. The molecule has 162 valence electrons. The van der Waals surface area contributed by atoms with Crippen LogP contribution in [0.5, 0.6) is 11.5 Å². The molecule has 8 nitrogen and oxygen atoms in total. The molecule has 1 N–H and O–H groups in total. The third-order valence-electron chi connectivity index (χ3n) is 5.16. The van der Waals surface area contributed by atoms with Crippen molar-refractivity contribution in [2.24, 2.45) is 0 Å². The lowest BCUT2D eigenvalue weighted by molar-refractivity contribution is 0.208. The number of urea groups is 1. The Labute approximate surface area is 189 Å². The van der Waals surface area contributed by atoms with Crippen molar-refractivity contribution in [3.63, 3.8) is 0 Å². The Balaban J connectivity index is 1.48. The molecule has 0 bridgehead atoms. The van der Waals surface area contributed by atoms with Crippen LogP contribution in [0.25, 0.3) is 10.9 Å². The maximum Gasteiger partial charge on any atom is 0.321 e. The minimum Gasteiger partial charge on any atom is -0.493 e. The van der Waals surface area contributed by atoms with E-state index in [1.807, 2.05) is 48.2 Å². The number of nitrogens with zero attached hydrogens (tertiary/aromatic N) is 4. The van der Waals surface area contributed by atoms with Crippen LogP contribution in [0.2, 0.25) is 0 Å². The fourth-order valence-corrected chi connectivity index (χ4v) is 3.85. The monoisotopic (exact) mass is 485 g/mol. The number of ether oxygens (including phenoxy) is 2. The quantitative estimate of drug-likeness (QED) is 0.584. The van der Waals surface area contributed by atoms with E-state index in [0.717, 1.165) is 26.9 Å². The highest BCUT2D eigenvalue weighted by Gasteiger charge is 2.24. The molecule has 2 aromatic carbocycles. The minimum atomic E-state index is -0.0995. The van der Waals surface area contributed by atoms with Gasteiger partial charge in [-0.05, 0) is 37.3 Å². The first-order chi connectivity index (χ1) is 15.1. The molecule has 2 amide bonds. The van der Waals surface area contributed by atoms with Crippen LogP contribution in [0.1, 0.15) is 6.92 Å². The first-order valence-corrected chi connectivity index (χ1v) is 10.9. The number of nitrogens with one attached hydrogen (secondary N) is 1. The topological polar surface area (TPSA) is 79.8 Å². The molecule has 2 heterocycles. The molecule has 0 radical (unpaired) electrons. The molecule has 0 spiro atoms. The van der Waals surface area contributed by atoms with Crippen molar-refractivity contribution in [2.45, 2.75) is 6.92 Å². The van der Waals surface area contributed by atoms with Crippen LogP contribution in [-0.2, 0) is 0 Å². The SMILES string of the molecule is CCOc1cc2ncnc(N3CCN(C(=O)Nc4ccc(Br)cc4)CC3)c2cc1OC. The average Bonchev–Trinajstić information content (AvgIpc) is 2.80. The molecule has 0 unspecified atom stereocenters. The lowest BCUT2D eigenvalue weighted by Crippen LogP contribution is -2.50. The van der Waals surface area contributed by atoms with Crippen molar-refractivity contribution in [3.8, 4) is 11.5 Å². The number of benzene rings is 2. The summed E-state index contributed by atoms with van der Waals surface area (Å²) in [6.45, 7) is 5.03. The van der Waals surface area contributed by atoms with E-state index in [4.69, 9.17) is 9.47 Å². The number of halogens is 1. The van der Waals surface area contributed by atoms with Gasteiger partial charge in [0.1, 0.15) is 12.1 Å². The number of piperazine rings is 1. The van der Waals surface area contributed by atoms with Crippen molar-refractivity contribution in [3.05, 3.63) is 47.2 Å². The molecule has 0 aliphatic carbocycles. The van der Waals surface area contributed by atoms with E-state index in [1.54, 1.807) is 13.4 Å². The van der Waals surface area contributed by atoms with Crippen LogP contribution >= 0.6 is 15.9 Å². The summed E-state index contributed by atoms with van der Waals surface area (Å²) in [5.74, 6) is 2.15. The Morgan fingerprint density at radius 1 is 1.10 bits per heavy atom. The summed E-state index contributed by atoms with van der Waals surface area (Å²) in [7, 11) is 1.62. The van der Waals surface area contributed by atoms with E-state index in [-0.39, 0.29) is 6.03 Å². The summed E-state index contributed by atoms with van der Waals surface area (Å²) in [6.07, 6.45) is 1.56. The van der Waals surface area contributed by atoms with Crippen molar-refractivity contribution < 1.29 is 14.3 Å². The number of amides is 2. The van der Waals surface area contributed by atoms with Gasteiger partial charge in [0.2, 0.25) is 0 Å². The van der Waals surface area contributed by atoms with Crippen LogP contribution < -0.4 is 19.7 Å². The molecule has 1 aliphatic rings. The molecule has 1 aromatic heterocycles. The van der Waals surface area contributed by atoms with Gasteiger partial charge in [0.05, 0.1) is 19.2 Å². The zero-order valence-electron chi connectivity index (χ0n) is 17.5. The van der Waals surface area contributed by atoms with Gasteiger partial charge in [-0.3, -0.25) is 0 Å². The molecular weight excluding hydrogens is 462 g/mol. The van der Waals surface area contributed by atoms with Crippen LogP contribution in [0.3, 0.4) is 0 Å². The average molecular weight is 486 g/mol. The van der Waals surface area contributed by atoms with Crippen LogP contribution in [-0.4, -0.2) is 60.8 Å². The van der Waals surface area contributed by atoms with Crippen LogP contribution in [0.15, 0.2) is 47.2 Å². The fraction of sp³-hybridized carbons (Fsp3) is 0.318. The molecule has 0 atom stereocenters. The van der Waals surface area contributed by atoms with Crippen molar-refractivity contribution in [1.82, 2.24) is 14.9 Å². The van der Waals surface area contributed by atoms with Gasteiger partial charge in [0, 0.05) is 47.8 Å². The van der Waals surface area contributed by atoms with E-state index in [2.05, 4.69) is 36.1 Å². The highest BCUT2D eigenvalue weighted by molar-refractivity contribution is 9.10. The van der Waals surface area contributed by atoms with Crippen molar-refractivity contribution in [1.29, 1.82) is 0 Å². The van der Waals surface area contributed by atoms with Crippen LogP contribution in [0.4, 0.5) is 16.3 Å². The Morgan fingerprint density at radius 3 is 2.52 bits per heavy atom. The third kappa shape index (κ3) is 4.66. The molecule has 0 saturated carbocycles. The number of hydrogen-bond acceptors (Lipinski definition) is 6. The number of anilines is 2. The molecule has 1 fully saturated rings. The Kier molecular flexibility index (Phi) is 6.41. The number of methoxy groups -OCH3 is 1. The van der Waals surface area contributed by atoms with Gasteiger partial charge in [-0.25, -0.2) is 14.8 Å². The summed E-state index contributed by atoms with van der Waals surface area (Å²) < 4.78 is 12.1. The molecule has 9 heteroatoms. The predicted octanol–water partition coefficient (Wildman–Crippen LogP) is 4.15. The number of aromatic nitrogens is 2. The van der Waals surface area contributed by atoms with E-state index in [0.29, 0.717) is 44.3 Å². The highest BCUT2D eigenvalue weighted by Crippen LogP contribution is 2.35. The normalized spacial score (nSPS) is 13.9. The molecule has 31 heavy (non-hydrogen) atoms. The number of fused-ring (bicyclic) bond motifs is 1. The van der Waals surface area contributed by atoms with Crippen molar-refractivity contribution >= 4 is 44.4 Å². The first-order valence-electron chi connectivity index (χ1n) is 10.1. The van der Waals surface area contributed by atoms with Gasteiger partial charge in [0.15, 0.2) is 11.5 Å². The number of carbonyl (C=O) groups excluding carboxylic acids is 1. The second-order valence-electron chi connectivity index (χ2n) is 7.06. The summed E-state index contributed by atoms with van der Waals surface area (Å²) in [6, 6.07) is 11.2. The Bertz CT molecular complexity index is 1070. The second kappa shape index (κ2) is 9.38. The number of hydrogen-bond donors (Lipinski definition) is 1. The molecule has 1 aliphatic heterocycles. The lowest BCUT2D eigenvalue weighted by atomic mass is 10.2. The zero-order valence-corrected chi connectivity index (χ0v) is 19.1. The summed E-state index contributed by atoms with van der Waals surface area (Å²) in [5.41, 5.74) is 1.57. The maximum atomic E-state index is 12.6. The van der Waals surface area contributed by atoms with E-state index in [9.17, 15) is 4.79 Å². The molecular formula is C22H24BrN5O3. The number of carbonyl (C=O) groups is 1. The van der Waals surface area contributed by atoms with Crippen molar-refractivity contribution in [2.75, 3.05) is 50.1 Å². The van der Waals surface area contributed by atoms with Gasteiger partial charge >= 0.3 is 6.03 Å². The van der Waals surface area contributed by atoms with E-state index < -0.39 is 0 Å². The highest BCUT2D eigenvalue weighted by atomic mass is 79.9. The molecule has 1 saturated heterocycles. The maximum absolute atomic E-state index is 12.6. The summed E-state index contributed by atoms with van der Waals surface area (Å²) in [4.78, 5) is 25.5. The smallest absolute Gasteiger partial charge is 0.321 e.